The van der Waals surface area contributed by atoms with E-state index in [2.05, 4.69) is 98.2 Å². The van der Waals surface area contributed by atoms with Crippen molar-refractivity contribution >= 4 is 45.9 Å². The van der Waals surface area contributed by atoms with Gasteiger partial charge < -0.3 is 15.1 Å². The van der Waals surface area contributed by atoms with Gasteiger partial charge in [0.15, 0.2) is 5.11 Å². The Kier molecular flexibility index (Phi) is 5.89. The van der Waals surface area contributed by atoms with Crippen LogP contribution in [0.15, 0.2) is 60.8 Å². The molecule has 0 amide bonds. The lowest BCUT2D eigenvalue weighted by Gasteiger charge is -2.41. The van der Waals surface area contributed by atoms with Gasteiger partial charge in [0.1, 0.15) is 0 Å². The summed E-state index contributed by atoms with van der Waals surface area (Å²) in [6.45, 7) is 10.9. The van der Waals surface area contributed by atoms with Gasteiger partial charge in [-0.3, -0.25) is 4.98 Å². The van der Waals surface area contributed by atoms with Crippen molar-refractivity contribution < 1.29 is 0 Å². The summed E-state index contributed by atoms with van der Waals surface area (Å²) in [7, 11) is 2.13. The number of hydrogen-bond donors (Lipinski definition) is 1. The number of aryl methyl sites for hydroxylation is 2. The van der Waals surface area contributed by atoms with E-state index < -0.39 is 0 Å². The van der Waals surface area contributed by atoms with E-state index in [0.29, 0.717) is 5.11 Å². The first-order chi connectivity index (χ1) is 16.6. The van der Waals surface area contributed by atoms with Crippen molar-refractivity contribution in [1.82, 2.24) is 10.3 Å². The predicted molar refractivity (Wildman–Crippen MR) is 151 cm³/mol. The van der Waals surface area contributed by atoms with Crippen LogP contribution in [0.5, 0.6) is 0 Å². The quantitative estimate of drug-likeness (QED) is 0.384. The monoisotopic (exact) mass is 502 g/mol. The summed E-state index contributed by atoms with van der Waals surface area (Å²) in [6, 6.07) is 16.6. The third-order valence-electron chi connectivity index (χ3n) is 7.24. The Morgan fingerprint density at radius 1 is 1.03 bits per heavy atom. The zero-order valence-electron chi connectivity index (χ0n) is 21.1. The van der Waals surface area contributed by atoms with Crippen LogP contribution in [0, 0.1) is 13.8 Å². The van der Waals surface area contributed by atoms with Crippen molar-refractivity contribution in [2.45, 2.75) is 52.2 Å². The number of halogens is 1. The van der Waals surface area contributed by atoms with Gasteiger partial charge in [0.2, 0.25) is 0 Å². The summed E-state index contributed by atoms with van der Waals surface area (Å²) in [5.74, 6) is 0. The average molecular weight is 503 g/mol. The van der Waals surface area contributed by atoms with Crippen molar-refractivity contribution in [3.63, 3.8) is 0 Å². The molecule has 3 aromatic rings. The molecule has 2 aromatic carbocycles. The van der Waals surface area contributed by atoms with E-state index in [1.165, 1.54) is 22.3 Å². The molecule has 0 radical (unpaired) electrons. The fraction of sp³-hybridized carbons (Fsp3) is 0.310. The molecule has 4 nitrogen and oxygen atoms in total. The van der Waals surface area contributed by atoms with Crippen molar-refractivity contribution in [2.75, 3.05) is 16.8 Å². The van der Waals surface area contributed by atoms with Crippen molar-refractivity contribution in [1.29, 1.82) is 0 Å². The van der Waals surface area contributed by atoms with Crippen LogP contribution in [0.4, 0.5) is 11.4 Å². The van der Waals surface area contributed by atoms with Gasteiger partial charge >= 0.3 is 0 Å². The van der Waals surface area contributed by atoms with Crippen LogP contribution in [-0.4, -0.2) is 22.7 Å². The van der Waals surface area contributed by atoms with Gasteiger partial charge in [-0.15, -0.1) is 0 Å². The summed E-state index contributed by atoms with van der Waals surface area (Å²) in [4.78, 5) is 9.18. The van der Waals surface area contributed by atoms with E-state index >= 15 is 0 Å². The van der Waals surface area contributed by atoms with E-state index in [0.717, 1.165) is 27.7 Å². The van der Waals surface area contributed by atoms with E-state index in [4.69, 9.17) is 23.8 Å². The number of benzene rings is 2. The highest BCUT2D eigenvalue weighted by Gasteiger charge is 2.42. The Bertz CT molecular complexity index is 1330. The number of allylic oxidation sites excluding steroid dienone is 1. The lowest BCUT2D eigenvalue weighted by atomic mass is 9.86. The van der Waals surface area contributed by atoms with Crippen molar-refractivity contribution in [3.05, 3.63) is 93.8 Å². The third-order valence-corrected chi connectivity index (χ3v) is 7.88. The summed E-state index contributed by atoms with van der Waals surface area (Å²) in [6.07, 6.45) is 4.15. The minimum absolute atomic E-state index is 0.0833. The van der Waals surface area contributed by atoms with Crippen molar-refractivity contribution in [3.8, 4) is 0 Å². The van der Waals surface area contributed by atoms with Crippen LogP contribution < -0.4 is 15.1 Å². The second-order valence-electron chi connectivity index (χ2n) is 10.3. The van der Waals surface area contributed by atoms with Gasteiger partial charge in [-0.1, -0.05) is 29.8 Å². The van der Waals surface area contributed by atoms with Gasteiger partial charge in [-0.25, -0.2) is 0 Å². The molecule has 6 heteroatoms. The minimum atomic E-state index is -0.149. The maximum absolute atomic E-state index is 7.10. The highest BCUT2D eigenvalue weighted by Crippen LogP contribution is 2.48. The number of fused-ring (bicyclic) bond motifs is 1. The van der Waals surface area contributed by atoms with Crippen molar-refractivity contribution in [2.24, 2.45) is 0 Å². The van der Waals surface area contributed by atoms with Gasteiger partial charge in [0.05, 0.1) is 23.3 Å². The first-order valence-corrected chi connectivity index (χ1v) is 12.7. The molecule has 0 unspecified atom stereocenters. The number of nitrogens with zero attached hydrogens (tertiary/aromatic N) is 3. The van der Waals surface area contributed by atoms with Crippen LogP contribution in [-0.2, 0) is 0 Å². The molecule has 0 saturated carbocycles. The highest BCUT2D eigenvalue weighted by atomic mass is 35.5. The molecule has 35 heavy (non-hydrogen) atoms. The summed E-state index contributed by atoms with van der Waals surface area (Å²) in [5, 5.41) is 4.96. The van der Waals surface area contributed by atoms with Crippen LogP contribution >= 0.6 is 23.8 Å². The second-order valence-corrected chi connectivity index (χ2v) is 11.1. The molecule has 1 fully saturated rings. The topological polar surface area (TPSA) is 31.4 Å². The lowest BCUT2D eigenvalue weighted by molar-refractivity contribution is 0.566. The first-order valence-electron chi connectivity index (χ1n) is 11.9. The maximum atomic E-state index is 7.10. The Balaban J connectivity index is 1.72. The molecule has 2 aliphatic heterocycles. The number of thiocarbonyl (C=S) groups is 1. The Morgan fingerprint density at radius 3 is 2.40 bits per heavy atom. The standard InChI is InChI=1S/C29H31ClN4S/c1-17-11-18(2)13-20(12-17)34-27(26(32-28(34)35)24-9-7-8-10-31-24)22-14-21-19(3)16-29(4,5)33(6)25(21)15-23(22)30/h7-16,26-27H,1-6H3,(H,32,35)/t26-,27-/m0/s1. The Hall–Kier alpha value is -2.89. The number of hydrogen-bond acceptors (Lipinski definition) is 3. The number of likely N-dealkylation sites (N-methyl/N-ethyl adjacent to an activating group) is 1. The molecule has 3 heterocycles. The molecule has 1 N–H and O–H groups in total. The fourth-order valence-corrected chi connectivity index (χ4v) is 6.07. The predicted octanol–water partition coefficient (Wildman–Crippen LogP) is 7.16. The van der Waals surface area contributed by atoms with Gasteiger partial charge in [0, 0.05) is 35.2 Å². The molecular formula is C29H31ClN4S. The first kappa shape index (κ1) is 23.8. The molecule has 2 aliphatic rings. The Morgan fingerprint density at radius 2 is 1.74 bits per heavy atom. The van der Waals surface area contributed by atoms with E-state index in [1.807, 2.05) is 24.4 Å². The van der Waals surface area contributed by atoms with Crippen LogP contribution in [0.2, 0.25) is 5.02 Å². The summed E-state index contributed by atoms with van der Waals surface area (Å²) >= 11 is 13.0. The van der Waals surface area contributed by atoms with E-state index in [9.17, 15) is 0 Å². The van der Waals surface area contributed by atoms with E-state index in [-0.39, 0.29) is 17.6 Å². The minimum Gasteiger partial charge on any atom is -0.365 e. The third kappa shape index (κ3) is 4.11. The summed E-state index contributed by atoms with van der Waals surface area (Å²) in [5.41, 5.74) is 8.93. The summed E-state index contributed by atoms with van der Waals surface area (Å²) < 4.78 is 0. The van der Waals surface area contributed by atoms with Crippen LogP contribution in [0.3, 0.4) is 0 Å². The lowest BCUT2D eigenvalue weighted by Crippen LogP contribution is -2.42. The normalized spacial score (nSPS) is 21.0. The number of rotatable bonds is 3. The second kappa shape index (κ2) is 8.65. The average Bonchev–Trinajstić information content (AvgIpc) is 3.14. The highest BCUT2D eigenvalue weighted by molar-refractivity contribution is 7.80. The van der Waals surface area contributed by atoms with Gasteiger partial charge in [0.25, 0.3) is 0 Å². The number of aromatic nitrogens is 1. The SMILES string of the molecule is CC1=CC(C)(C)N(C)c2cc(Cl)c([C@H]3[C@H](c4ccccn4)NC(=S)N3c3cc(C)cc(C)c3)cc21. The molecule has 5 rings (SSSR count). The maximum Gasteiger partial charge on any atom is 0.174 e. The molecule has 1 saturated heterocycles. The smallest absolute Gasteiger partial charge is 0.174 e. The molecule has 0 bridgehead atoms. The molecule has 0 spiro atoms. The Labute approximate surface area is 218 Å². The molecule has 180 valence electrons. The molecule has 1 aromatic heterocycles. The number of anilines is 2. The number of nitrogens with one attached hydrogen (secondary N) is 1. The van der Waals surface area contributed by atoms with E-state index in [1.54, 1.807) is 0 Å². The molecule has 2 atom stereocenters. The zero-order valence-corrected chi connectivity index (χ0v) is 22.6. The largest absolute Gasteiger partial charge is 0.365 e. The number of pyridine rings is 1. The molecular weight excluding hydrogens is 472 g/mol. The van der Waals surface area contributed by atoms with Crippen LogP contribution in [0.1, 0.15) is 60.8 Å². The zero-order chi connectivity index (χ0) is 25.1. The fourth-order valence-electron chi connectivity index (χ4n) is 5.45. The van der Waals surface area contributed by atoms with Crippen LogP contribution in [0.25, 0.3) is 5.57 Å². The van der Waals surface area contributed by atoms with Gasteiger partial charge in [-0.2, -0.15) is 0 Å². The molecule has 0 aliphatic carbocycles. The van der Waals surface area contributed by atoms with Gasteiger partial charge in [-0.05, 0) is 105 Å².